The van der Waals surface area contributed by atoms with Crippen molar-refractivity contribution in [2.24, 2.45) is 17.1 Å². The van der Waals surface area contributed by atoms with Gasteiger partial charge in [0.15, 0.2) is 5.41 Å². The average Bonchev–Trinajstić information content (AvgIpc) is 2.62. The molecule has 0 amide bonds. The first-order chi connectivity index (χ1) is 11.6. The predicted octanol–water partition coefficient (Wildman–Crippen LogP) is 1.84. The second kappa shape index (κ2) is 5.81. The first kappa shape index (κ1) is 15.7. The van der Waals surface area contributed by atoms with Crippen molar-refractivity contribution in [2.75, 3.05) is 13.1 Å². The van der Waals surface area contributed by atoms with Crippen LogP contribution < -0.4 is 11.1 Å². The van der Waals surface area contributed by atoms with Gasteiger partial charge >= 0.3 is 0 Å². The molecule has 2 aliphatic rings. The van der Waals surface area contributed by atoms with Gasteiger partial charge in [0.1, 0.15) is 11.9 Å². The summed E-state index contributed by atoms with van der Waals surface area (Å²) in [5, 5.41) is 32.2. The summed E-state index contributed by atoms with van der Waals surface area (Å²) in [4.78, 5) is 0. The third kappa shape index (κ3) is 2.00. The number of nitrogens with two attached hydrogens (primary N) is 1. The van der Waals surface area contributed by atoms with Crippen LogP contribution in [0.4, 0.5) is 4.39 Å². The van der Waals surface area contributed by atoms with E-state index in [9.17, 15) is 20.2 Å². The minimum Gasteiger partial charge on any atom is -0.399 e. The molecule has 0 saturated carbocycles. The monoisotopic (exact) mass is 319 g/mol. The fourth-order valence-electron chi connectivity index (χ4n) is 3.68. The third-order valence-electron chi connectivity index (χ3n) is 4.79. The number of nitrogens with zero attached hydrogens (tertiary/aromatic N) is 3. The van der Waals surface area contributed by atoms with Crippen molar-refractivity contribution >= 4 is 0 Å². The topological polar surface area (TPSA) is 109 Å². The summed E-state index contributed by atoms with van der Waals surface area (Å²) in [5.41, 5.74) is 5.34. The van der Waals surface area contributed by atoms with Gasteiger partial charge in [0.25, 0.3) is 0 Å². The summed E-state index contributed by atoms with van der Waals surface area (Å²) in [6.07, 6.45) is 1.83. The lowest BCUT2D eigenvalue weighted by Crippen LogP contribution is -2.47. The van der Waals surface area contributed by atoms with E-state index in [4.69, 9.17) is 5.73 Å². The van der Waals surface area contributed by atoms with Gasteiger partial charge in [-0.25, -0.2) is 4.39 Å². The van der Waals surface area contributed by atoms with Crippen LogP contribution in [0.3, 0.4) is 0 Å². The Morgan fingerprint density at radius 2 is 1.92 bits per heavy atom. The molecule has 24 heavy (non-hydrogen) atoms. The number of hydrogen-bond acceptors (Lipinski definition) is 5. The van der Waals surface area contributed by atoms with Gasteiger partial charge in [-0.1, -0.05) is 24.3 Å². The molecular formula is C18H14FN5. The van der Waals surface area contributed by atoms with Gasteiger partial charge in [-0.15, -0.1) is 0 Å². The van der Waals surface area contributed by atoms with Gasteiger partial charge in [0.2, 0.25) is 0 Å². The highest BCUT2D eigenvalue weighted by Gasteiger charge is 2.54. The van der Waals surface area contributed by atoms with Gasteiger partial charge < -0.3 is 11.1 Å². The van der Waals surface area contributed by atoms with Crippen LogP contribution >= 0.6 is 0 Å². The lowest BCUT2D eigenvalue weighted by Gasteiger charge is -2.43. The number of halogens is 1. The summed E-state index contributed by atoms with van der Waals surface area (Å²) in [6, 6.07) is 12.1. The highest BCUT2D eigenvalue weighted by molar-refractivity contribution is 5.59. The normalized spacial score (nSPS) is 24.8. The molecule has 0 radical (unpaired) electrons. The van der Waals surface area contributed by atoms with E-state index >= 15 is 0 Å². The molecule has 2 atom stereocenters. The van der Waals surface area contributed by atoms with Crippen LogP contribution in [0.5, 0.6) is 0 Å². The minimum atomic E-state index is -1.78. The van der Waals surface area contributed by atoms with E-state index in [-0.39, 0.29) is 22.8 Å². The molecule has 1 aliphatic heterocycles. The van der Waals surface area contributed by atoms with Crippen molar-refractivity contribution in [1.29, 1.82) is 15.8 Å². The van der Waals surface area contributed by atoms with Gasteiger partial charge in [0, 0.05) is 24.9 Å². The lowest BCUT2D eigenvalue weighted by molar-refractivity contribution is 0.320. The number of benzene rings is 1. The van der Waals surface area contributed by atoms with E-state index in [0.717, 1.165) is 0 Å². The molecule has 1 heterocycles. The zero-order valence-electron chi connectivity index (χ0n) is 12.8. The summed E-state index contributed by atoms with van der Waals surface area (Å²) in [6.45, 7) is 0.995. The number of nitrogens with one attached hydrogen (secondary N) is 1. The van der Waals surface area contributed by atoms with E-state index in [0.29, 0.717) is 18.7 Å². The van der Waals surface area contributed by atoms with Crippen LogP contribution in [-0.4, -0.2) is 13.1 Å². The molecule has 0 saturated heterocycles. The number of nitriles is 3. The molecule has 1 aliphatic carbocycles. The Morgan fingerprint density at radius 3 is 2.54 bits per heavy atom. The predicted molar refractivity (Wildman–Crippen MR) is 84.1 cm³/mol. The molecule has 6 heteroatoms. The molecule has 118 valence electrons. The lowest BCUT2D eigenvalue weighted by atomic mass is 9.58. The highest BCUT2D eigenvalue weighted by atomic mass is 19.1. The summed E-state index contributed by atoms with van der Waals surface area (Å²) >= 11 is 0. The van der Waals surface area contributed by atoms with Crippen LogP contribution in [0.2, 0.25) is 0 Å². The number of hydrogen-bond donors (Lipinski definition) is 2. The fourth-order valence-corrected chi connectivity index (χ4v) is 3.68. The molecule has 3 rings (SSSR count). The second-order valence-electron chi connectivity index (χ2n) is 5.86. The highest BCUT2D eigenvalue weighted by Crippen LogP contribution is 2.53. The van der Waals surface area contributed by atoms with Crippen molar-refractivity contribution in [3.8, 4) is 18.2 Å². The van der Waals surface area contributed by atoms with Crippen LogP contribution in [0.15, 0.2) is 47.2 Å². The summed E-state index contributed by atoms with van der Waals surface area (Å²) in [7, 11) is 0. The molecule has 0 bridgehead atoms. The maximum Gasteiger partial charge on any atom is 0.191 e. The van der Waals surface area contributed by atoms with E-state index in [1.807, 2.05) is 24.3 Å². The van der Waals surface area contributed by atoms with Crippen molar-refractivity contribution in [3.05, 3.63) is 58.6 Å². The van der Waals surface area contributed by atoms with Crippen molar-refractivity contribution in [1.82, 2.24) is 5.32 Å². The largest absolute Gasteiger partial charge is 0.399 e. The quantitative estimate of drug-likeness (QED) is 0.820. The number of rotatable bonds is 1. The van der Waals surface area contributed by atoms with E-state index in [1.54, 1.807) is 18.2 Å². The molecule has 1 aromatic rings. The second-order valence-corrected chi connectivity index (χ2v) is 5.86. The van der Waals surface area contributed by atoms with E-state index in [2.05, 4.69) is 5.32 Å². The Labute approximate surface area is 139 Å². The summed E-state index contributed by atoms with van der Waals surface area (Å²) in [5.74, 6) is -1.66. The van der Waals surface area contributed by atoms with Gasteiger partial charge in [0.05, 0.1) is 23.4 Å². The maximum atomic E-state index is 14.5. The van der Waals surface area contributed by atoms with Crippen molar-refractivity contribution < 1.29 is 4.39 Å². The Morgan fingerprint density at radius 1 is 1.21 bits per heavy atom. The number of allylic oxidation sites excluding steroid dienone is 2. The van der Waals surface area contributed by atoms with Gasteiger partial charge in [-0.05, 0) is 17.2 Å². The standard InChI is InChI=1S/C18H14FN5/c19-15-4-2-1-3-12(15)16-14-8-24-6-5-11(14)13(7-20)17(23)18(16,9-21)10-22/h1-5,14,16,24H,6,8,23H2/t14-,16-/m0/s1. The van der Waals surface area contributed by atoms with E-state index in [1.165, 1.54) is 6.07 Å². The van der Waals surface area contributed by atoms with Crippen molar-refractivity contribution in [3.63, 3.8) is 0 Å². The zero-order chi connectivity index (χ0) is 17.3. The molecule has 0 unspecified atom stereocenters. The Hall–Kier alpha value is -3.14. The Bertz CT molecular complexity index is 864. The number of fused-ring (bicyclic) bond motifs is 1. The van der Waals surface area contributed by atoms with Crippen LogP contribution in [0, 0.1) is 51.1 Å². The summed E-state index contributed by atoms with van der Waals surface area (Å²) < 4.78 is 14.5. The van der Waals surface area contributed by atoms with E-state index < -0.39 is 17.2 Å². The molecule has 0 aromatic heterocycles. The molecule has 0 spiro atoms. The van der Waals surface area contributed by atoms with Crippen molar-refractivity contribution in [2.45, 2.75) is 5.92 Å². The Balaban J connectivity index is 2.37. The SMILES string of the molecule is N#CC1=C(N)C(C#N)(C#N)[C@@H](c2ccccc2F)[C@H]2CNCC=C12. The fraction of sp³-hybridized carbons (Fsp3) is 0.278. The van der Waals surface area contributed by atoms with Crippen LogP contribution in [0.1, 0.15) is 11.5 Å². The first-order valence-corrected chi connectivity index (χ1v) is 7.49. The molecule has 5 nitrogen and oxygen atoms in total. The maximum absolute atomic E-state index is 14.5. The first-order valence-electron chi connectivity index (χ1n) is 7.49. The Kier molecular flexibility index (Phi) is 3.81. The molecule has 3 N–H and O–H groups in total. The van der Waals surface area contributed by atoms with Gasteiger partial charge in [-0.3, -0.25) is 0 Å². The smallest absolute Gasteiger partial charge is 0.191 e. The molecular weight excluding hydrogens is 305 g/mol. The molecule has 1 aromatic carbocycles. The van der Waals surface area contributed by atoms with Crippen LogP contribution in [0.25, 0.3) is 0 Å². The zero-order valence-corrected chi connectivity index (χ0v) is 12.8. The van der Waals surface area contributed by atoms with Crippen LogP contribution in [-0.2, 0) is 0 Å². The third-order valence-corrected chi connectivity index (χ3v) is 4.79. The average molecular weight is 319 g/mol. The molecule has 0 fully saturated rings. The van der Waals surface area contributed by atoms with Gasteiger partial charge in [-0.2, -0.15) is 15.8 Å². The minimum absolute atomic E-state index is 0.0901.